The standard InChI is InChI=1S/C22H20N6O3/c1-30-17-11-14(21(29)28-9-10-28)3-4-16(17)25-22-26-19-18(20(27-22)31-2)15(12-24-19)13-5-7-23-8-6-13/h3-8,11-12H,9-10H2,1-2H3,(H2,24,25,26,27). The minimum atomic E-state index is -0.000726. The van der Waals surface area contributed by atoms with E-state index in [0.29, 0.717) is 34.5 Å². The quantitative estimate of drug-likeness (QED) is 0.465. The zero-order valence-electron chi connectivity index (χ0n) is 17.0. The number of methoxy groups -OCH3 is 2. The lowest BCUT2D eigenvalue weighted by Crippen LogP contribution is -2.11. The van der Waals surface area contributed by atoms with Crippen LogP contribution in [0.2, 0.25) is 0 Å². The number of benzene rings is 1. The maximum Gasteiger partial charge on any atom is 0.254 e. The molecule has 156 valence electrons. The highest BCUT2D eigenvalue weighted by atomic mass is 16.5. The van der Waals surface area contributed by atoms with Gasteiger partial charge in [-0.3, -0.25) is 9.78 Å². The normalized spacial score (nSPS) is 12.6. The first kappa shape index (κ1) is 18.9. The van der Waals surface area contributed by atoms with Crippen LogP contribution >= 0.6 is 0 Å². The number of ether oxygens (including phenoxy) is 2. The predicted molar refractivity (Wildman–Crippen MR) is 116 cm³/mol. The molecule has 4 aromatic rings. The maximum atomic E-state index is 12.3. The molecule has 3 aromatic heterocycles. The number of fused-ring (bicyclic) bond motifs is 1. The third kappa shape index (κ3) is 3.50. The summed E-state index contributed by atoms with van der Waals surface area (Å²) in [4.78, 5) is 30.4. The summed E-state index contributed by atoms with van der Waals surface area (Å²) in [5, 5.41) is 3.95. The SMILES string of the molecule is COc1cc(C(=O)N2CC2)ccc1Nc1nc(OC)c2c(-c3ccncc3)c[nH]c2n1. The summed E-state index contributed by atoms with van der Waals surface area (Å²) in [7, 11) is 3.13. The number of nitrogens with one attached hydrogen (secondary N) is 2. The van der Waals surface area contributed by atoms with Crippen LogP contribution in [-0.2, 0) is 0 Å². The molecule has 5 rings (SSSR count). The van der Waals surface area contributed by atoms with Crippen LogP contribution in [0, 0.1) is 0 Å². The van der Waals surface area contributed by atoms with E-state index in [0.717, 1.165) is 29.6 Å². The van der Waals surface area contributed by atoms with Crippen molar-refractivity contribution in [3.05, 3.63) is 54.5 Å². The first-order chi connectivity index (χ1) is 15.2. The van der Waals surface area contributed by atoms with Crippen molar-refractivity contribution in [2.45, 2.75) is 0 Å². The number of aromatic amines is 1. The Bertz CT molecular complexity index is 1270. The topological polar surface area (TPSA) is 105 Å². The number of H-pyrrole nitrogens is 1. The molecule has 2 N–H and O–H groups in total. The summed E-state index contributed by atoms with van der Waals surface area (Å²) in [6.07, 6.45) is 5.34. The molecule has 1 saturated heterocycles. The number of rotatable bonds is 6. The molecule has 1 aliphatic rings. The number of pyridine rings is 1. The monoisotopic (exact) mass is 416 g/mol. The van der Waals surface area contributed by atoms with E-state index in [4.69, 9.17) is 9.47 Å². The Kier molecular flexibility index (Phi) is 4.62. The highest BCUT2D eigenvalue weighted by Crippen LogP contribution is 2.35. The van der Waals surface area contributed by atoms with Gasteiger partial charge in [-0.15, -0.1) is 0 Å². The molecule has 1 amide bonds. The molecule has 0 aliphatic carbocycles. The Morgan fingerprint density at radius 3 is 2.61 bits per heavy atom. The molecule has 0 bridgehead atoms. The fourth-order valence-electron chi connectivity index (χ4n) is 3.45. The molecule has 1 fully saturated rings. The minimum Gasteiger partial charge on any atom is -0.495 e. The van der Waals surface area contributed by atoms with Crippen molar-refractivity contribution in [3.63, 3.8) is 0 Å². The van der Waals surface area contributed by atoms with E-state index in [-0.39, 0.29) is 5.91 Å². The molecular formula is C22H20N6O3. The van der Waals surface area contributed by atoms with Gasteiger partial charge in [0, 0.05) is 42.8 Å². The summed E-state index contributed by atoms with van der Waals surface area (Å²) in [6.45, 7) is 1.60. The predicted octanol–water partition coefficient (Wildman–Crippen LogP) is 3.24. The lowest BCUT2D eigenvalue weighted by atomic mass is 10.1. The first-order valence-electron chi connectivity index (χ1n) is 9.76. The average molecular weight is 416 g/mol. The number of aromatic nitrogens is 4. The first-order valence-corrected chi connectivity index (χ1v) is 9.76. The lowest BCUT2D eigenvalue weighted by molar-refractivity contribution is 0.0885. The molecule has 0 atom stereocenters. The fraction of sp³-hybridized carbons (Fsp3) is 0.182. The molecule has 0 saturated carbocycles. The zero-order chi connectivity index (χ0) is 21.4. The molecule has 1 aromatic carbocycles. The van der Waals surface area contributed by atoms with Crippen LogP contribution in [0.3, 0.4) is 0 Å². The van der Waals surface area contributed by atoms with Crippen LogP contribution in [0.15, 0.2) is 48.9 Å². The lowest BCUT2D eigenvalue weighted by Gasteiger charge is -2.13. The Hall–Kier alpha value is -4.14. The van der Waals surface area contributed by atoms with Crippen molar-refractivity contribution in [2.75, 3.05) is 32.6 Å². The maximum absolute atomic E-state index is 12.3. The van der Waals surface area contributed by atoms with Gasteiger partial charge in [-0.05, 0) is 35.9 Å². The van der Waals surface area contributed by atoms with E-state index in [9.17, 15) is 4.79 Å². The summed E-state index contributed by atoms with van der Waals surface area (Å²) >= 11 is 0. The molecule has 9 nitrogen and oxygen atoms in total. The van der Waals surface area contributed by atoms with Crippen molar-refractivity contribution in [2.24, 2.45) is 0 Å². The third-order valence-electron chi connectivity index (χ3n) is 5.11. The molecular weight excluding hydrogens is 396 g/mol. The number of amides is 1. The van der Waals surface area contributed by atoms with Crippen LogP contribution in [0.25, 0.3) is 22.2 Å². The van der Waals surface area contributed by atoms with Gasteiger partial charge in [0.15, 0.2) is 0 Å². The van der Waals surface area contributed by atoms with E-state index in [1.807, 2.05) is 18.3 Å². The Labute approximate surface area is 178 Å². The second-order valence-corrected chi connectivity index (χ2v) is 7.05. The van der Waals surface area contributed by atoms with Crippen LogP contribution in [0.1, 0.15) is 10.4 Å². The van der Waals surface area contributed by atoms with E-state index in [1.165, 1.54) is 0 Å². The van der Waals surface area contributed by atoms with Crippen molar-refractivity contribution in [1.29, 1.82) is 0 Å². The van der Waals surface area contributed by atoms with Crippen LogP contribution in [0.5, 0.6) is 11.6 Å². The summed E-state index contributed by atoms with van der Waals surface area (Å²) in [6, 6.07) is 9.10. The Morgan fingerprint density at radius 2 is 1.90 bits per heavy atom. The Balaban J connectivity index is 1.50. The van der Waals surface area contributed by atoms with Gasteiger partial charge in [0.2, 0.25) is 11.8 Å². The second kappa shape index (κ2) is 7.60. The molecule has 9 heteroatoms. The zero-order valence-corrected chi connectivity index (χ0v) is 17.0. The third-order valence-corrected chi connectivity index (χ3v) is 5.11. The molecule has 0 unspecified atom stereocenters. The van der Waals surface area contributed by atoms with Gasteiger partial charge in [0.25, 0.3) is 5.91 Å². The van der Waals surface area contributed by atoms with Gasteiger partial charge >= 0.3 is 0 Å². The number of carbonyl (C=O) groups is 1. The smallest absolute Gasteiger partial charge is 0.254 e. The summed E-state index contributed by atoms with van der Waals surface area (Å²) in [5.41, 5.74) is 3.77. The summed E-state index contributed by atoms with van der Waals surface area (Å²) in [5.74, 6) is 1.31. The van der Waals surface area contributed by atoms with E-state index in [1.54, 1.807) is 49.7 Å². The molecule has 4 heterocycles. The fourth-order valence-corrected chi connectivity index (χ4v) is 3.45. The van der Waals surface area contributed by atoms with Crippen LogP contribution < -0.4 is 14.8 Å². The summed E-state index contributed by atoms with van der Waals surface area (Å²) < 4.78 is 11.0. The molecule has 1 aliphatic heterocycles. The highest BCUT2D eigenvalue weighted by Gasteiger charge is 2.26. The molecule has 0 radical (unpaired) electrons. The number of anilines is 2. The van der Waals surface area contributed by atoms with Gasteiger partial charge in [0.1, 0.15) is 11.4 Å². The van der Waals surface area contributed by atoms with E-state index in [2.05, 4.69) is 25.3 Å². The van der Waals surface area contributed by atoms with E-state index < -0.39 is 0 Å². The van der Waals surface area contributed by atoms with Crippen molar-refractivity contribution >= 4 is 28.6 Å². The average Bonchev–Trinajstić information content (AvgIpc) is 3.58. The van der Waals surface area contributed by atoms with Crippen molar-refractivity contribution < 1.29 is 14.3 Å². The van der Waals surface area contributed by atoms with Gasteiger partial charge < -0.3 is 24.7 Å². The molecule has 31 heavy (non-hydrogen) atoms. The van der Waals surface area contributed by atoms with Crippen LogP contribution in [0.4, 0.5) is 11.6 Å². The van der Waals surface area contributed by atoms with Gasteiger partial charge in [-0.2, -0.15) is 9.97 Å². The van der Waals surface area contributed by atoms with Crippen LogP contribution in [-0.4, -0.2) is 58.1 Å². The van der Waals surface area contributed by atoms with E-state index >= 15 is 0 Å². The number of nitrogens with zero attached hydrogens (tertiary/aromatic N) is 4. The van der Waals surface area contributed by atoms with Crippen molar-refractivity contribution in [3.8, 4) is 22.8 Å². The largest absolute Gasteiger partial charge is 0.495 e. The molecule has 0 spiro atoms. The second-order valence-electron chi connectivity index (χ2n) is 7.05. The van der Waals surface area contributed by atoms with Gasteiger partial charge in [0.05, 0.1) is 25.3 Å². The Morgan fingerprint density at radius 1 is 1.10 bits per heavy atom. The number of hydrogen-bond donors (Lipinski definition) is 2. The van der Waals surface area contributed by atoms with Gasteiger partial charge in [-0.25, -0.2) is 0 Å². The van der Waals surface area contributed by atoms with Gasteiger partial charge in [-0.1, -0.05) is 0 Å². The number of hydrogen-bond acceptors (Lipinski definition) is 7. The highest BCUT2D eigenvalue weighted by molar-refractivity contribution is 5.98. The minimum absolute atomic E-state index is 0.000726. The number of carbonyl (C=O) groups excluding carboxylic acids is 1. The van der Waals surface area contributed by atoms with Crippen molar-refractivity contribution in [1.82, 2.24) is 24.8 Å².